The van der Waals surface area contributed by atoms with E-state index in [2.05, 4.69) is 10.6 Å². The third-order valence-corrected chi connectivity index (χ3v) is 6.05. The zero-order valence-corrected chi connectivity index (χ0v) is 19.4. The lowest BCUT2D eigenvalue weighted by Gasteiger charge is -2.17. The second-order valence-electron chi connectivity index (χ2n) is 7.23. The van der Waals surface area contributed by atoms with Crippen molar-refractivity contribution in [3.8, 4) is 0 Å². The average molecular weight is 501 g/mol. The van der Waals surface area contributed by atoms with Gasteiger partial charge in [-0.3, -0.25) is 14.4 Å². The number of carbonyl (C=O) groups is 3. The van der Waals surface area contributed by atoms with Crippen LogP contribution in [0.25, 0.3) is 0 Å². The minimum atomic E-state index is -0.720. The van der Waals surface area contributed by atoms with E-state index in [4.69, 9.17) is 34.8 Å². The van der Waals surface area contributed by atoms with Crippen LogP contribution in [0.1, 0.15) is 15.9 Å². The molecule has 0 radical (unpaired) electrons. The fourth-order valence-corrected chi connectivity index (χ4v) is 3.86. The van der Waals surface area contributed by atoms with E-state index in [1.807, 2.05) is 25.1 Å². The Balaban J connectivity index is 1.50. The Bertz CT molecular complexity index is 1320. The molecule has 0 unspecified atom stereocenters. The van der Waals surface area contributed by atoms with E-state index < -0.39 is 11.8 Å². The predicted molar refractivity (Wildman–Crippen MR) is 131 cm³/mol. The second-order valence-corrected chi connectivity index (χ2v) is 8.40. The first-order chi connectivity index (χ1) is 15.8. The molecule has 0 saturated heterocycles. The number of halogens is 3. The number of rotatable bonds is 5. The maximum Gasteiger partial charge on any atom is 0.283 e. The van der Waals surface area contributed by atoms with Crippen molar-refractivity contribution >= 4 is 69.6 Å². The molecule has 0 spiro atoms. The van der Waals surface area contributed by atoms with Crippen molar-refractivity contribution < 1.29 is 14.4 Å². The molecule has 0 atom stereocenters. The van der Waals surface area contributed by atoms with Crippen LogP contribution in [-0.4, -0.2) is 17.7 Å². The number of imide groups is 1. The van der Waals surface area contributed by atoms with Crippen molar-refractivity contribution in [1.29, 1.82) is 0 Å². The van der Waals surface area contributed by atoms with Crippen LogP contribution >= 0.6 is 34.8 Å². The lowest BCUT2D eigenvalue weighted by Crippen LogP contribution is -2.32. The highest BCUT2D eigenvalue weighted by atomic mass is 35.5. The minimum absolute atomic E-state index is 0.0653. The van der Waals surface area contributed by atoms with Gasteiger partial charge >= 0.3 is 0 Å². The molecule has 3 aromatic rings. The molecule has 3 aromatic carbocycles. The number of benzene rings is 3. The highest BCUT2D eigenvalue weighted by Gasteiger charge is 2.40. The number of anilines is 3. The molecule has 33 heavy (non-hydrogen) atoms. The summed E-state index contributed by atoms with van der Waals surface area (Å²) in [5, 5.41) is 5.67. The largest absolute Gasteiger partial charge is 0.350 e. The molecular weight excluding hydrogens is 485 g/mol. The van der Waals surface area contributed by atoms with Crippen LogP contribution in [0, 0.1) is 6.92 Å². The molecule has 166 valence electrons. The first kappa shape index (κ1) is 22.9. The van der Waals surface area contributed by atoms with Crippen LogP contribution in [0.15, 0.2) is 77.5 Å². The van der Waals surface area contributed by atoms with Crippen molar-refractivity contribution in [3.05, 3.63) is 98.6 Å². The molecule has 0 aliphatic carbocycles. The van der Waals surface area contributed by atoms with Gasteiger partial charge in [0.25, 0.3) is 17.7 Å². The van der Waals surface area contributed by atoms with Gasteiger partial charge in [0.15, 0.2) is 0 Å². The van der Waals surface area contributed by atoms with Gasteiger partial charge in [-0.1, -0.05) is 53.0 Å². The molecule has 1 aliphatic heterocycles. The molecule has 9 heteroatoms. The van der Waals surface area contributed by atoms with Gasteiger partial charge in [-0.05, 0) is 61.0 Å². The Morgan fingerprint density at radius 2 is 1.55 bits per heavy atom. The first-order valence-corrected chi connectivity index (χ1v) is 10.9. The van der Waals surface area contributed by atoms with Gasteiger partial charge in [0.1, 0.15) is 10.7 Å². The van der Waals surface area contributed by atoms with E-state index in [-0.39, 0.29) is 32.4 Å². The molecule has 0 saturated carbocycles. The van der Waals surface area contributed by atoms with Gasteiger partial charge in [-0.2, -0.15) is 0 Å². The van der Waals surface area contributed by atoms with Gasteiger partial charge in [-0.15, -0.1) is 0 Å². The summed E-state index contributed by atoms with van der Waals surface area (Å²) in [6, 6.07) is 18.5. The second kappa shape index (κ2) is 9.27. The number of hydrogen-bond donors (Lipinski definition) is 2. The zero-order chi connectivity index (χ0) is 23.7. The van der Waals surface area contributed by atoms with Crippen molar-refractivity contribution in [1.82, 2.24) is 0 Å². The van der Waals surface area contributed by atoms with E-state index in [0.29, 0.717) is 16.9 Å². The summed E-state index contributed by atoms with van der Waals surface area (Å²) in [5.41, 5.74) is 2.64. The number of amides is 3. The maximum absolute atomic E-state index is 12.9. The lowest BCUT2D eigenvalue weighted by molar-refractivity contribution is -0.120. The van der Waals surface area contributed by atoms with E-state index in [0.717, 1.165) is 10.5 Å². The summed E-state index contributed by atoms with van der Waals surface area (Å²) in [6.07, 6.45) is 0. The third kappa shape index (κ3) is 4.59. The van der Waals surface area contributed by atoms with E-state index in [9.17, 15) is 14.4 Å². The number of aryl methyl sites for hydroxylation is 1. The number of nitrogens with zero attached hydrogens (tertiary/aromatic N) is 1. The van der Waals surface area contributed by atoms with Crippen molar-refractivity contribution in [2.24, 2.45) is 0 Å². The number of hydrogen-bond acceptors (Lipinski definition) is 4. The fourth-order valence-electron chi connectivity index (χ4n) is 3.27. The predicted octanol–water partition coefficient (Wildman–Crippen LogP) is 5.99. The van der Waals surface area contributed by atoms with Crippen molar-refractivity contribution in [2.45, 2.75) is 6.92 Å². The molecule has 1 aliphatic rings. The van der Waals surface area contributed by atoms with Crippen molar-refractivity contribution in [2.75, 3.05) is 15.5 Å². The van der Waals surface area contributed by atoms with Crippen LogP contribution in [0.3, 0.4) is 0 Å². The number of nitrogens with one attached hydrogen (secondary N) is 2. The average Bonchev–Trinajstić information content (AvgIpc) is 2.99. The summed E-state index contributed by atoms with van der Waals surface area (Å²) in [7, 11) is 0. The normalized spacial score (nSPS) is 13.5. The van der Waals surface area contributed by atoms with Crippen molar-refractivity contribution in [3.63, 3.8) is 0 Å². The summed E-state index contributed by atoms with van der Waals surface area (Å²) >= 11 is 18.3. The van der Waals surface area contributed by atoms with Crippen LogP contribution < -0.4 is 15.5 Å². The topological polar surface area (TPSA) is 78.5 Å². The highest BCUT2D eigenvalue weighted by molar-refractivity contribution is 6.54. The highest BCUT2D eigenvalue weighted by Crippen LogP contribution is 2.37. The Morgan fingerprint density at radius 3 is 2.24 bits per heavy atom. The van der Waals surface area contributed by atoms with Gasteiger partial charge in [0.2, 0.25) is 0 Å². The summed E-state index contributed by atoms with van der Waals surface area (Å²) in [5.74, 6) is -1.67. The molecule has 0 aromatic heterocycles. The van der Waals surface area contributed by atoms with Gasteiger partial charge in [0.05, 0.1) is 15.7 Å². The molecule has 0 bridgehead atoms. The Kier molecular flexibility index (Phi) is 6.42. The van der Waals surface area contributed by atoms with Gasteiger partial charge < -0.3 is 10.6 Å². The maximum atomic E-state index is 12.9. The third-order valence-electron chi connectivity index (χ3n) is 4.89. The molecule has 6 nitrogen and oxygen atoms in total. The minimum Gasteiger partial charge on any atom is -0.350 e. The quantitative estimate of drug-likeness (QED) is 0.422. The summed E-state index contributed by atoms with van der Waals surface area (Å²) in [6.45, 7) is 1.94. The van der Waals surface area contributed by atoms with Crippen LogP contribution in [0.4, 0.5) is 17.1 Å². The SMILES string of the molecule is Cc1cccc(NC(=O)c2ccc(NC3=C(Cl)C(=O)N(c4cccc(Cl)c4Cl)C3=O)cc2)c1. The van der Waals surface area contributed by atoms with Crippen LogP contribution in [0.5, 0.6) is 0 Å². The van der Waals surface area contributed by atoms with Crippen LogP contribution in [0.2, 0.25) is 10.0 Å². The van der Waals surface area contributed by atoms with Gasteiger partial charge in [-0.25, -0.2) is 4.90 Å². The Hall–Kier alpha value is -3.32. The lowest BCUT2D eigenvalue weighted by atomic mass is 10.1. The van der Waals surface area contributed by atoms with Gasteiger partial charge in [0, 0.05) is 16.9 Å². The summed E-state index contributed by atoms with van der Waals surface area (Å²) < 4.78 is 0. The smallest absolute Gasteiger partial charge is 0.283 e. The first-order valence-electron chi connectivity index (χ1n) is 9.74. The summed E-state index contributed by atoms with van der Waals surface area (Å²) in [4.78, 5) is 38.9. The molecule has 3 amide bonds. The molecule has 2 N–H and O–H groups in total. The van der Waals surface area contributed by atoms with E-state index in [1.165, 1.54) is 6.07 Å². The molecule has 0 fully saturated rings. The monoisotopic (exact) mass is 499 g/mol. The molecule has 1 heterocycles. The van der Waals surface area contributed by atoms with E-state index >= 15 is 0 Å². The number of carbonyl (C=O) groups excluding carboxylic acids is 3. The molecule has 4 rings (SSSR count). The molecular formula is C24H16Cl3N3O3. The Labute approximate surface area is 204 Å². The van der Waals surface area contributed by atoms with Crippen LogP contribution in [-0.2, 0) is 9.59 Å². The van der Waals surface area contributed by atoms with E-state index in [1.54, 1.807) is 42.5 Å². The fraction of sp³-hybridized carbons (Fsp3) is 0.0417. The Morgan fingerprint density at radius 1 is 0.848 bits per heavy atom. The standard InChI is InChI=1S/C24H16Cl3N3O3/c1-13-4-2-5-16(12-13)29-22(31)14-8-10-15(11-9-14)28-21-20(27)23(32)30(24(21)33)18-7-3-6-17(25)19(18)26/h2-12,28H,1H3,(H,29,31). The zero-order valence-electron chi connectivity index (χ0n) is 17.2.